The SMILES string of the molecule is O=C(O)CC1CCc2cc(C3CCCCC3)c(Cl)cc21. The summed E-state index contributed by atoms with van der Waals surface area (Å²) in [6, 6.07) is 4.33. The van der Waals surface area contributed by atoms with Gasteiger partial charge in [0.15, 0.2) is 0 Å². The van der Waals surface area contributed by atoms with E-state index in [9.17, 15) is 4.79 Å². The van der Waals surface area contributed by atoms with Crippen LogP contribution in [0.2, 0.25) is 5.02 Å². The van der Waals surface area contributed by atoms with Gasteiger partial charge in [-0.25, -0.2) is 0 Å². The molecule has 2 aliphatic rings. The standard InChI is InChI=1S/C17H21ClO2/c18-16-10-14-12(6-7-13(14)9-17(19)20)8-15(16)11-4-2-1-3-5-11/h8,10-11,13H,1-7,9H2,(H,19,20). The lowest BCUT2D eigenvalue weighted by atomic mass is 9.83. The van der Waals surface area contributed by atoms with Gasteiger partial charge in [-0.15, -0.1) is 0 Å². The van der Waals surface area contributed by atoms with Crippen molar-refractivity contribution in [2.24, 2.45) is 0 Å². The molecule has 3 heteroatoms. The molecule has 2 nitrogen and oxygen atoms in total. The Hall–Kier alpha value is -1.02. The number of aliphatic carboxylic acids is 1. The number of benzene rings is 1. The molecule has 2 aliphatic carbocycles. The molecule has 1 unspecified atom stereocenters. The third-order valence-corrected chi connectivity index (χ3v) is 5.25. The Morgan fingerprint density at radius 2 is 1.90 bits per heavy atom. The Kier molecular flexibility index (Phi) is 4.02. The topological polar surface area (TPSA) is 37.3 Å². The summed E-state index contributed by atoms with van der Waals surface area (Å²) in [7, 11) is 0. The fourth-order valence-electron chi connectivity index (χ4n) is 3.88. The van der Waals surface area contributed by atoms with Crippen molar-refractivity contribution in [3.8, 4) is 0 Å². The van der Waals surface area contributed by atoms with Gasteiger partial charge in [0.2, 0.25) is 0 Å². The third-order valence-electron chi connectivity index (χ3n) is 4.93. The molecule has 0 amide bonds. The summed E-state index contributed by atoms with van der Waals surface area (Å²) in [6.07, 6.45) is 8.63. The Morgan fingerprint density at radius 1 is 1.15 bits per heavy atom. The Balaban J connectivity index is 1.87. The van der Waals surface area contributed by atoms with Gasteiger partial charge in [-0.1, -0.05) is 36.9 Å². The number of hydrogen-bond donors (Lipinski definition) is 1. The lowest BCUT2D eigenvalue weighted by Crippen LogP contribution is -2.07. The summed E-state index contributed by atoms with van der Waals surface area (Å²) in [6.45, 7) is 0. The molecule has 0 spiro atoms. The monoisotopic (exact) mass is 292 g/mol. The molecule has 1 aromatic rings. The minimum Gasteiger partial charge on any atom is -0.481 e. The summed E-state index contributed by atoms with van der Waals surface area (Å²) in [5.41, 5.74) is 3.82. The first-order valence-corrected chi connectivity index (χ1v) is 8.07. The Morgan fingerprint density at radius 3 is 2.60 bits per heavy atom. The van der Waals surface area contributed by atoms with Crippen LogP contribution in [0.3, 0.4) is 0 Å². The fourth-order valence-corrected chi connectivity index (χ4v) is 4.21. The molecule has 1 saturated carbocycles. The maximum atomic E-state index is 10.9. The summed E-state index contributed by atoms with van der Waals surface area (Å²) in [5, 5.41) is 9.85. The number of aryl methyl sites for hydroxylation is 1. The van der Waals surface area contributed by atoms with Crippen LogP contribution < -0.4 is 0 Å². The second-order valence-corrected chi connectivity index (χ2v) is 6.65. The molecular weight excluding hydrogens is 272 g/mol. The molecule has 1 N–H and O–H groups in total. The second-order valence-electron chi connectivity index (χ2n) is 6.24. The zero-order valence-corrected chi connectivity index (χ0v) is 12.5. The average molecular weight is 293 g/mol. The Labute approximate surface area is 125 Å². The van der Waals surface area contributed by atoms with Crippen LogP contribution in [0.4, 0.5) is 0 Å². The quantitative estimate of drug-likeness (QED) is 0.861. The van der Waals surface area contributed by atoms with Crippen LogP contribution in [0.5, 0.6) is 0 Å². The van der Waals surface area contributed by atoms with Gasteiger partial charge in [-0.3, -0.25) is 4.79 Å². The highest BCUT2D eigenvalue weighted by atomic mass is 35.5. The lowest BCUT2D eigenvalue weighted by Gasteiger charge is -2.24. The summed E-state index contributed by atoms with van der Waals surface area (Å²) in [5.74, 6) is 0.0517. The van der Waals surface area contributed by atoms with E-state index in [1.807, 2.05) is 0 Å². The number of fused-ring (bicyclic) bond motifs is 1. The smallest absolute Gasteiger partial charge is 0.303 e. The van der Waals surface area contributed by atoms with Gasteiger partial charge < -0.3 is 5.11 Å². The molecule has 20 heavy (non-hydrogen) atoms. The number of carboxylic acids is 1. The molecule has 1 aromatic carbocycles. The van der Waals surface area contributed by atoms with Gasteiger partial charge >= 0.3 is 5.97 Å². The van der Waals surface area contributed by atoms with E-state index in [1.165, 1.54) is 48.8 Å². The number of carboxylic acid groups (broad SMARTS) is 1. The van der Waals surface area contributed by atoms with E-state index in [2.05, 4.69) is 12.1 Å². The van der Waals surface area contributed by atoms with E-state index in [4.69, 9.17) is 16.7 Å². The number of carbonyl (C=O) groups is 1. The van der Waals surface area contributed by atoms with Gasteiger partial charge in [0, 0.05) is 5.02 Å². The molecule has 1 fully saturated rings. The van der Waals surface area contributed by atoms with Crippen LogP contribution >= 0.6 is 11.6 Å². The van der Waals surface area contributed by atoms with Crippen molar-refractivity contribution in [1.82, 2.24) is 0 Å². The maximum Gasteiger partial charge on any atom is 0.303 e. The normalized spacial score (nSPS) is 22.8. The highest BCUT2D eigenvalue weighted by molar-refractivity contribution is 6.31. The van der Waals surface area contributed by atoms with Crippen molar-refractivity contribution in [3.05, 3.63) is 33.8 Å². The maximum absolute atomic E-state index is 10.9. The van der Waals surface area contributed by atoms with Crippen molar-refractivity contribution in [2.75, 3.05) is 0 Å². The second kappa shape index (κ2) is 5.77. The van der Waals surface area contributed by atoms with E-state index in [0.29, 0.717) is 5.92 Å². The zero-order chi connectivity index (χ0) is 14.1. The van der Waals surface area contributed by atoms with E-state index in [-0.39, 0.29) is 12.3 Å². The highest BCUT2D eigenvalue weighted by Gasteiger charge is 2.27. The number of halogens is 1. The minimum atomic E-state index is -0.713. The molecule has 0 aromatic heterocycles. The summed E-state index contributed by atoms with van der Waals surface area (Å²) < 4.78 is 0. The first kappa shape index (κ1) is 13.9. The van der Waals surface area contributed by atoms with Crippen LogP contribution in [-0.4, -0.2) is 11.1 Å². The number of hydrogen-bond acceptors (Lipinski definition) is 1. The average Bonchev–Trinajstić information content (AvgIpc) is 2.80. The van der Waals surface area contributed by atoms with Crippen molar-refractivity contribution in [2.45, 2.75) is 63.2 Å². The molecular formula is C17H21ClO2. The lowest BCUT2D eigenvalue weighted by molar-refractivity contribution is -0.137. The summed E-state index contributed by atoms with van der Waals surface area (Å²) >= 11 is 6.50. The van der Waals surface area contributed by atoms with E-state index >= 15 is 0 Å². The Bertz CT molecular complexity index is 518. The molecule has 3 rings (SSSR count). The van der Waals surface area contributed by atoms with Gasteiger partial charge in [0.25, 0.3) is 0 Å². The first-order chi connectivity index (χ1) is 9.65. The predicted octanol–water partition coefficient (Wildman–Crippen LogP) is 4.89. The summed E-state index contributed by atoms with van der Waals surface area (Å²) in [4.78, 5) is 10.9. The largest absolute Gasteiger partial charge is 0.481 e. The van der Waals surface area contributed by atoms with Crippen LogP contribution in [0, 0.1) is 0 Å². The number of rotatable bonds is 3. The van der Waals surface area contributed by atoms with Crippen molar-refractivity contribution in [1.29, 1.82) is 0 Å². The third kappa shape index (κ3) is 2.71. The molecule has 108 valence electrons. The van der Waals surface area contributed by atoms with E-state index in [1.54, 1.807) is 0 Å². The van der Waals surface area contributed by atoms with Crippen molar-refractivity contribution >= 4 is 17.6 Å². The first-order valence-electron chi connectivity index (χ1n) is 7.69. The molecule has 0 bridgehead atoms. The fraction of sp³-hybridized carbons (Fsp3) is 0.588. The molecule has 0 heterocycles. The van der Waals surface area contributed by atoms with Crippen LogP contribution in [0.25, 0.3) is 0 Å². The molecule has 1 atom stereocenters. The van der Waals surface area contributed by atoms with Crippen molar-refractivity contribution in [3.63, 3.8) is 0 Å². The van der Waals surface area contributed by atoms with Crippen LogP contribution in [0.1, 0.15) is 73.5 Å². The van der Waals surface area contributed by atoms with Gasteiger partial charge in [0.05, 0.1) is 6.42 Å². The van der Waals surface area contributed by atoms with E-state index in [0.717, 1.165) is 17.9 Å². The molecule has 0 aliphatic heterocycles. The van der Waals surface area contributed by atoms with Crippen molar-refractivity contribution < 1.29 is 9.90 Å². The van der Waals surface area contributed by atoms with Crippen LogP contribution in [-0.2, 0) is 11.2 Å². The van der Waals surface area contributed by atoms with Crippen LogP contribution in [0.15, 0.2) is 12.1 Å². The highest BCUT2D eigenvalue weighted by Crippen LogP contribution is 2.42. The molecule has 0 saturated heterocycles. The molecule has 0 radical (unpaired) electrons. The van der Waals surface area contributed by atoms with Gasteiger partial charge in [0.1, 0.15) is 0 Å². The van der Waals surface area contributed by atoms with E-state index < -0.39 is 5.97 Å². The predicted molar refractivity (Wildman–Crippen MR) is 80.6 cm³/mol. The zero-order valence-electron chi connectivity index (χ0n) is 11.7. The minimum absolute atomic E-state index is 0.153. The van der Waals surface area contributed by atoms with Gasteiger partial charge in [-0.2, -0.15) is 0 Å². The van der Waals surface area contributed by atoms with Gasteiger partial charge in [-0.05, 0) is 60.3 Å².